The van der Waals surface area contributed by atoms with Crippen molar-refractivity contribution in [3.8, 4) is 28.5 Å². The van der Waals surface area contributed by atoms with Crippen molar-refractivity contribution >= 4 is 21.9 Å². The van der Waals surface area contributed by atoms with Crippen molar-refractivity contribution < 1.29 is 8.98 Å². The quantitative estimate of drug-likeness (QED) is 0.263. The van der Waals surface area contributed by atoms with Gasteiger partial charge in [0.1, 0.15) is 18.2 Å². The van der Waals surface area contributed by atoms with E-state index in [2.05, 4.69) is 81.1 Å². The summed E-state index contributed by atoms with van der Waals surface area (Å²) in [5.41, 5.74) is 12.1. The minimum atomic E-state index is 0.439. The van der Waals surface area contributed by atoms with Gasteiger partial charge in [-0.1, -0.05) is 38.1 Å². The van der Waals surface area contributed by atoms with Crippen LogP contribution < -0.4 is 4.57 Å². The summed E-state index contributed by atoms with van der Waals surface area (Å²) in [4.78, 5) is 0. The van der Waals surface area contributed by atoms with Gasteiger partial charge in [-0.2, -0.15) is 5.26 Å². The third-order valence-electron chi connectivity index (χ3n) is 7.61. The molecule has 2 aromatic heterocycles. The summed E-state index contributed by atoms with van der Waals surface area (Å²) in [5, 5.41) is 12.2. The molecule has 0 atom stereocenters. The van der Waals surface area contributed by atoms with Gasteiger partial charge in [0.05, 0.1) is 17.2 Å². The van der Waals surface area contributed by atoms with Gasteiger partial charge in [-0.3, -0.25) is 0 Å². The molecule has 0 fully saturated rings. The third-order valence-corrected chi connectivity index (χ3v) is 7.61. The smallest absolute Gasteiger partial charge is 0.216 e. The van der Waals surface area contributed by atoms with Crippen LogP contribution in [0.5, 0.6) is 0 Å². The van der Waals surface area contributed by atoms with Crippen molar-refractivity contribution in [1.82, 2.24) is 0 Å². The normalized spacial score (nSPS) is 13.0. The Morgan fingerprint density at radius 2 is 1.71 bits per heavy atom. The van der Waals surface area contributed by atoms with Crippen LogP contribution in [0.2, 0.25) is 0 Å². The van der Waals surface area contributed by atoms with Gasteiger partial charge >= 0.3 is 0 Å². The number of rotatable bonds is 3. The molecule has 6 rings (SSSR count). The van der Waals surface area contributed by atoms with E-state index < -0.39 is 0 Å². The number of nitrogens with zero attached hydrogens (tertiary/aromatic N) is 2. The molecule has 0 radical (unpaired) electrons. The third kappa shape index (κ3) is 3.28. The van der Waals surface area contributed by atoms with Crippen molar-refractivity contribution in [1.29, 1.82) is 5.26 Å². The monoisotopic (exact) mass is 457 g/mol. The Hall–Kier alpha value is -3.90. The minimum absolute atomic E-state index is 0.439. The fourth-order valence-electron chi connectivity index (χ4n) is 5.88. The lowest BCUT2D eigenvalue weighted by molar-refractivity contribution is -0.660. The molecule has 0 spiro atoms. The van der Waals surface area contributed by atoms with Gasteiger partial charge in [0.2, 0.25) is 5.69 Å². The second-order valence-corrected chi connectivity index (χ2v) is 10.1. The zero-order valence-electron chi connectivity index (χ0n) is 20.8. The summed E-state index contributed by atoms with van der Waals surface area (Å²) >= 11 is 0. The highest BCUT2D eigenvalue weighted by molar-refractivity contribution is 6.14. The predicted octanol–water partition coefficient (Wildman–Crippen LogP) is 7.54. The lowest BCUT2D eigenvalue weighted by Gasteiger charge is -2.16. The Kier molecular flexibility index (Phi) is 5.00. The molecule has 1 aliphatic carbocycles. The van der Waals surface area contributed by atoms with E-state index in [0.717, 1.165) is 57.2 Å². The highest BCUT2D eigenvalue weighted by Crippen LogP contribution is 2.43. The highest BCUT2D eigenvalue weighted by Gasteiger charge is 2.25. The molecule has 5 aromatic rings. The van der Waals surface area contributed by atoms with E-state index in [1.807, 2.05) is 18.2 Å². The summed E-state index contributed by atoms with van der Waals surface area (Å²) in [6, 6.07) is 21.6. The number of hydrogen-bond acceptors (Lipinski definition) is 2. The van der Waals surface area contributed by atoms with Crippen LogP contribution in [0, 0.1) is 18.3 Å². The second-order valence-electron chi connectivity index (χ2n) is 10.1. The molecule has 0 amide bonds. The molecule has 3 nitrogen and oxygen atoms in total. The fraction of sp³-hybridized carbons (Fsp3) is 0.250. The van der Waals surface area contributed by atoms with Gasteiger partial charge in [0, 0.05) is 28.5 Å². The van der Waals surface area contributed by atoms with Crippen LogP contribution in [0.15, 0.2) is 65.2 Å². The van der Waals surface area contributed by atoms with Crippen molar-refractivity contribution in [3.63, 3.8) is 0 Å². The summed E-state index contributed by atoms with van der Waals surface area (Å²) in [7, 11) is 2.06. The lowest BCUT2D eigenvalue weighted by Crippen LogP contribution is -2.30. The number of furan rings is 1. The van der Waals surface area contributed by atoms with E-state index in [4.69, 9.17) is 4.42 Å². The van der Waals surface area contributed by atoms with Crippen LogP contribution in [0.3, 0.4) is 0 Å². The number of nitriles is 1. The van der Waals surface area contributed by atoms with Crippen molar-refractivity contribution in [2.24, 2.45) is 7.05 Å². The molecule has 2 heterocycles. The summed E-state index contributed by atoms with van der Waals surface area (Å²) in [6.07, 6.45) is 5.52. The topological polar surface area (TPSA) is 40.8 Å². The molecular weight excluding hydrogens is 428 g/mol. The fourth-order valence-corrected chi connectivity index (χ4v) is 5.88. The standard InChI is InChI=1S/C32H29N2O/c1-19(2)27-17-23(16-21-8-7-9-24(21)27)30-22(18-33)12-14-26-25-13-11-20(3)29(31(25)35-32(26)30)28-10-5-6-15-34(28)4/h5-6,10-17,19H,7-9H2,1-4H3/q+1. The molecule has 172 valence electrons. The molecule has 0 saturated heterocycles. The van der Waals surface area contributed by atoms with Crippen LogP contribution in [0.4, 0.5) is 0 Å². The Labute approximate surface area is 206 Å². The van der Waals surface area contributed by atoms with Gasteiger partial charge in [-0.05, 0) is 78.1 Å². The molecule has 0 saturated carbocycles. The Morgan fingerprint density at radius 1 is 0.943 bits per heavy atom. The maximum Gasteiger partial charge on any atom is 0.216 e. The number of hydrogen-bond donors (Lipinski definition) is 0. The maximum absolute atomic E-state index is 10.1. The molecule has 0 bridgehead atoms. The number of aryl methyl sites for hydroxylation is 3. The molecule has 0 N–H and O–H groups in total. The SMILES string of the molecule is Cc1ccc2c(oc3c(-c4cc5c(c(C(C)C)c4)CCC5)c(C#N)ccc32)c1-c1cccc[n+]1C. The van der Waals surface area contributed by atoms with Crippen molar-refractivity contribution in [2.75, 3.05) is 0 Å². The molecular formula is C32H29N2O+. The van der Waals surface area contributed by atoms with Crippen LogP contribution in [-0.4, -0.2) is 0 Å². The first-order valence-electron chi connectivity index (χ1n) is 12.5. The number of benzene rings is 3. The first-order chi connectivity index (χ1) is 17.0. The molecule has 3 aromatic carbocycles. The predicted molar refractivity (Wildman–Crippen MR) is 141 cm³/mol. The molecule has 3 heteroatoms. The molecule has 0 aliphatic heterocycles. The van der Waals surface area contributed by atoms with E-state index >= 15 is 0 Å². The second kappa shape index (κ2) is 8.10. The van der Waals surface area contributed by atoms with Crippen LogP contribution >= 0.6 is 0 Å². The van der Waals surface area contributed by atoms with Crippen molar-refractivity contribution in [3.05, 3.63) is 88.6 Å². The minimum Gasteiger partial charge on any atom is -0.454 e. The molecule has 1 aliphatic rings. The highest BCUT2D eigenvalue weighted by atomic mass is 16.3. The number of aromatic nitrogens is 1. The molecule has 0 unspecified atom stereocenters. The van der Waals surface area contributed by atoms with Gasteiger partial charge in [-0.15, -0.1) is 0 Å². The van der Waals surface area contributed by atoms with E-state index in [1.165, 1.54) is 28.7 Å². The van der Waals surface area contributed by atoms with E-state index in [9.17, 15) is 5.26 Å². The van der Waals surface area contributed by atoms with Gasteiger partial charge in [0.25, 0.3) is 0 Å². The zero-order chi connectivity index (χ0) is 24.3. The average molecular weight is 458 g/mol. The Morgan fingerprint density at radius 3 is 2.46 bits per heavy atom. The zero-order valence-corrected chi connectivity index (χ0v) is 20.8. The van der Waals surface area contributed by atoms with E-state index in [0.29, 0.717) is 11.5 Å². The van der Waals surface area contributed by atoms with E-state index in [1.54, 1.807) is 0 Å². The summed E-state index contributed by atoms with van der Waals surface area (Å²) in [6.45, 7) is 6.66. The van der Waals surface area contributed by atoms with Crippen LogP contribution in [-0.2, 0) is 19.9 Å². The first kappa shape index (κ1) is 21.6. The van der Waals surface area contributed by atoms with Gasteiger partial charge in [-0.25, -0.2) is 4.57 Å². The largest absolute Gasteiger partial charge is 0.454 e. The number of fused-ring (bicyclic) bond motifs is 4. The summed E-state index contributed by atoms with van der Waals surface area (Å²) in [5.74, 6) is 0.439. The van der Waals surface area contributed by atoms with Crippen LogP contribution in [0.1, 0.15) is 54.0 Å². The Balaban J connectivity index is 1.71. The Bertz CT molecular complexity index is 1680. The van der Waals surface area contributed by atoms with Crippen molar-refractivity contribution in [2.45, 2.75) is 46.0 Å². The summed E-state index contributed by atoms with van der Waals surface area (Å²) < 4.78 is 8.89. The van der Waals surface area contributed by atoms with Gasteiger partial charge in [0.15, 0.2) is 6.20 Å². The molecule has 35 heavy (non-hydrogen) atoms. The first-order valence-corrected chi connectivity index (χ1v) is 12.5. The van der Waals surface area contributed by atoms with Gasteiger partial charge < -0.3 is 4.42 Å². The lowest BCUT2D eigenvalue weighted by atomic mass is 9.88. The average Bonchev–Trinajstić information content (AvgIpc) is 3.47. The van der Waals surface area contributed by atoms with E-state index in [-0.39, 0.29) is 0 Å². The number of pyridine rings is 1. The van der Waals surface area contributed by atoms with Crippen LogP contribution in [0.25, 0.3) is 44.3 Å². The maximum atomic E-state index is 10.1.